The molecule has 2 heteroatoms. The summed E-state index contributed by atoms with van der Waals surface area (Å²) in [6, 6.07) is 0. The molecule has 0 rings (SSSR count). The van der Waals surface area contributed by atoms with Crippen molar-refractivity contribution in [3.8, 4) is 0 Å². The largest absolute Gasteiger partial charge is 0.396 e. The van der Waals surface area contributed by atoms with Crippen LogP contribution >= 0.6 is 0 Å². The molecule has 0 saturated heterocycles. The van der Waals surface area contributed by atoms with E-state index in [4.69, 9.17) is 11.7 Å². The number of Topliss-reactive ketones (excluding diaryl/α,β-unsaturated/α-hetero) is 1. The van der Waals surface area contributed by atoms with Crippen LogP contribution in [0.5, 0.6) is 0 Å². The predicted octanol–water partition coefficient (Wildman–Crippen LogP) is 0.131. The molecule has 2 nitrogen and oxygen atoms in total. The van der Waals surface area contributed by atoms with Crippen LogP contribution in [0.2, 0.25) is 0 Å². The summed E-state index contributed by atoms with van der Waals surface area (Å²) in [6.07, 6.45) is 0.0787. The molecule has 0 fully saturated rings. The molecule has 0 amide bonds. The zero-order valence-corrected chi connectivity index (χ0v) is 4.55. The minimum atomic E-state index is -0.285. The fourth-order valence-corrected chi connectivity index (χ4v) is 0.262. The molecule has 0 aliphatic carbocycles. The smallest absolute Gasteiger partial charge is 0.161 e. The fourth-order valence-electron chi connectivity index (χ4n) is 0.262. The summed E-state index contributed by atoms with van der Waals surface area (Å²) in [7, 11) is 0. The molecule has 44 valence electrons. The number of ketones is 1. The van der Waals surface area contributed by atoms with Crippen molar-refractivity contribution in [2.45, 2.75) is 6.42 Å². The van der Waals surface area contributed by atoms with E-state index in [1.54, 1.807) is 0 Å². The Morgan fingerprint density at radius 1 is 1.75 bits per heavy atom. The molecule has 0 spiro atoms. The fraction of sp³-hybridized carbons (Fsp3) is 0.333. The lowest BCUT2D eigenvalue weighted by atomic mass is 10.2. The Kier molecular flexibility index (Phi) is 3.12. The first-order valence-corrected chi connectivity index (χ1v) is 2.27. The predicted molar refractivity (Wildman–Crippen MR) is 29.9 cm³/mol. The van der Waals surface area contributed by atoms with Crippen LogP contribution in [-0.4, -0.2) is 17.5 Å². The summed E-state index contributed by atoms with van der Waals surface area (Å²) in [6.45, 7) is 8.00. The molecule has 0 unspecified atom stereocenters. The van der Waals surface area contributed by atoms with Gasteiger partial charge in [0, 0.05) is 6.42 Å². The Hall–Kier alpha value is -0.630. The summed E-state index contributed by atoms with van der Waals surface area (Å²) >= 11 is 0. The highest BCUT2D eigenvalue weighted by molar-refractivity contribution is 5.95. The Balaban J connectivity index is 3.49. The summed E-state index contributed by atoms with van der Waals surface area (Å²) < 4.78 is 0. The number of carbonyl (C=O) groups is 1. The summed E-state index contributed by atoms with van der Waals surface area (Å²) in [5, 5.41) is 8.17. The van der Waals surface area contributed by atoms with Crippen LogP contribution in [0.15, 0.2) is 5.57 Å². The van der Waals surface area contributed by atoms with Gasteiger partial charge in [-0.2, -0.15) is 0 Å². The molecular weight excluding hydrogens is 104 g/mol. The maximum absolute atomic E-state index is 10.4. The Bertz CT molecular complexity index is 105. The van der Waals surface area contributed by atoms with Crippen molar-refractivity contribution in [2.75, 3.05) is 6.61 Å². The van der Waals surface area contributed by atoms with E-state index in [1.807, 2.05) is 0 Å². The van der Waals surface area contributed by atoms with E-state index in [-0.39, 0.29) is 24.4 Å². The molecule has 0 aromatic rings. The van der Waals surface area contributed by atoms with Gasteiger partial charge in [-0.1, -0.05) is 6.58 Å². The Morgan fingerprint density at radius 3 is 2.38 bits per heavy atom. The average molecular weight is 112 g/mol. The number of hydrogen-bond acceptors (Lipinski definition) is 2. The first-order chi connectivity index (χ1) is 3.68. The highest BCUT2D eigenvalue weighted by atomic mass is 16.3. The summed E-state index contributed by atoms with van der Waals surface area (Å²) in [5.74, 6) is -0.285. The molecule has 0 atom stereocenters. The van der Waals surface area contributed by atoms with Crippen LogP contribution in [0, 0.1) is 13.5 Å². The van der Waals surface area contributed by atoms with Gasteiger partial charge < -0.3 is 5.11 Å². The third-order valence-corrected chi connectivity index (χ3v) is 0.697. The van der Waals surface area contributed by atoms with Crippen LogP contribution in [0.25, 0.3) is 0 Å². The zero-order chi connectivity index (χ0) is 6.57. The number of rotatable bonds is 3. The SMILES string of the molecule is [CH]=C([CH2])C(=O)CCO. The van der Waals surface area contributed by atoms with E-state index >= 15 is 0 Å². The first kappa shape index (κ1) is 7.37. The van der Waals surface area contributed by atoms with Gasteiger partial charge in [0.15, 0.2) is 5.78 Å². The highest BCUT2D eigenvalue weighted by Gasteiger charge is 1.98. The van der Waals surface area contributed by atoms with Crippen LogP contribution in [0.3, 0.4) is 0 Å². The van der Waals surface area contributed by atoms with Crippen molar-refractivity contribution in [2.24, 2.45) is 0 Å². The topological polar surface area (TPSA) is 37.3 Å². The number of carbonyl (C=O) groups excluding carboxylic acids is 1. The lowest BCUT2D eigenvalue weighted by molar-refractivity contribution is -0.115. The van der Waals surface area contributed by atoms with E-state index in [2.05, 4.69) is 6.92 Å². The molecule has 0 heterocycles. The quantitative estimate of drug-likeness (QED) is 0.527. The van der Waals surface area contributed by atoms with Crippen molar-refractivity contribution in [1.29, 1.82) is 0 Å². The van der Waals surface area contributed by atoms with Crippen molar-refractivity contribution in [3.63, 3.8) is 0 Å². The molecule has 0 aliphatic rings. The lowest BCUT2D eigenvalue weighted by Crippen LogP contribution is -2.00. The maximum atomic E-state index is 10.4. The van der Waals surface area contributed by atoms with Gasteiger partial charge in [0.05, 0.1) is 6.61 Å². The number of aliphatic hydroxyl groups excluding tert-OH is 1. The monoisotopic (exact) mass is 112 g/mol. The Labute approximate surface area is 48.8 Å². The molecule has 0 aliphatic heterocycles. The molecule has 0 aromatic heterocycles. The number of aliphatic hydroxyl groups is 1. The molecule has 0 saturated carbocycles. The van der Waals surface area contributed by atoms with Crippen molar-refractivity contribution in [3.05, 3.63) is 19.1 Å². The van der Waals surface area contributed by atoms with Crippen LogP contribution in [-0.2, 0) is 4.79 Å². The van der Waals surface area contributed by atoms with Gasteiger partial charge in [0.25, 0.3) is 0 Å². The minimum absolute atomic E-state index is 0.0130. The second kappa shape index (κ2) is 3.38. The molecule has 1 N–H and O–H groups in total. The van der Waals surface area contributed by atoms with Crippen molar-refractivity contribution >= 4 is 5.78 Å². The third kappa shape index (κ3) is 2.53. The van der Waals surface area contributed by atoms with Gasteiger partial charge in [0.2, 0.25) is 0 Å². The minimum Gasteiger partial charge on any atom is -0.396 e. The zero-order valence-electron chi connectivity index (χ0n) is 4.55. The highest BCUT2D eigenvalue weighted by Crippen LogP contribution is 1.91. The second-order valence-corrected chi connectivity index (χ2v) is 1.42. The van der Waals surface area contributed by atoms with Gasteiger partial charge >= 0.3 is 0 Å². The van der Waals surface area contributed by atoms with Crippen LogP contribution < -0.4 is 0 Å². The number of hydrogen-bond donors (Lipinski definition) is 1. The van der Waals surface area contributed by atoms with Gasteiger partial charge in [-0.25, -0.2) is 0 Å². The Morgan fingerprint density at radius 2 is 2.25 bits per heavy atom. The second-order valence-electron chi connectivity index (χ2n) is 1.42. The van der Waals surface area contributed by atoms with Crippen molar-refractivity contribution in [1.82, 2.24) is 0 Å². The van der Waals surface area contributed by atoms with Gasteiger partial charge in [-0.15, -0.1) is 0 Å². The molecule has 0 aromatic carbocycles. The molecule has 2 radical (unpaired) electrons. The first-order valence-electron chi connectivity index (χ1n) is 2.27. The molecular formula is C6H8O2. The normalized spacial score (nSPS) is 8.75. The van der Waals surface area contributed by atoms with E-state index in [1.165, 1.54) is 0 Å². The van der Waals surface area contributed by atoms with Gasteiger partial charge in [-0.05, 0) is 12.5 Å². The van der Waals surface area contributed by atoms with E-state index in [0.29, 0.717) is 0 Å². The average Bonchev–Trinajstić information content (AvgIpc) is 1.67. The third-order valence-electron chi connectivity index (χ3n) is 0.697. The lowest BCUT2D eigenvalue weighted by Gasteiger charge is -1.91. The van der Waals surface area contributed by atoms with E-state index in [9.17, 15) is 4.79 Å². The molecule has 0 bridgehead atoms. The van der Waals surface area contributed by atoms with Crippen LogP contribution in [0.1, 0.15) is 6.42 Å². The number of allylic oxidation sites excluding steroid dienone is 1. The van der Waals surface area contributed by atoms with Gasteiger partial charge in [-0.3, -0.25) is 4.79 Å². The summed E-state index contributed by atoms with van der Waals surface area (Å²) in [5.41, 5.74) is 0.0130. The standard InChI is InChI=1S/C6H8O2/c1-5(2)6(8)3-4-7/h1,7H,2-4H2. The maximum Gasteiger partial charge on any atom is 0.161 e. The van der Waals surface area contributed by atoms with Gasteiger partial charge in [0.1, 0.15) is 0 Å². The van der Waals surface area contributed by atoms with E-state index in [0.717, 1.165) is 0 Å². The molecule has 8 heavy (non-hydrogen) atoms. The van der Waals surface area contributed by atoms with Crippen LogP contribution in [0.4, 0.5) is 0 Å². The van der Waals surface area contributed by atoms with E-state index < -0.39 is 0 Å². The van der Waals surface area contributed by atoms with Crippen molar-refractivity contribution < 1.29 is 9.90 Å². The summed E-state index contributed by atoms with van der Waals surface area (Å²) in [4.78, 5) is 10.4.